The molecular weight excluding hydrogens is 218 g/mol. The highest BCUT2D eigenvalue weighted by molar-refractivity contribution is 5.65. The molecule has 0 amide bonds. The Morgan fingerprint density at radius 2 is 1.76 bits per heavy atom. The Balaban J connectivity index is 0. The number of aryl methyl sites for hydroxylation is 1. The lowest BCUT2D eigenvalue weighted by molar-refractivity contribution is -0.104. The fourth-order valence-electron chi connectivity index (χ4n) is 0.883. The van der Waals surface area contributed by atoms with Crippen molar-refractivity contribution in [3.8, 4) is 0 Å². The molecule has 0 aliphatic rings. The van der Waals surface area contributed by atoms with E-state index in [9.17, 15) is 10.0 Å². The minimum Gasteiger partial charge on any atom is -0.299 e. The van der Waals surface area contributed by atoms with Gasteiger partial charge in [0.15, 0.2) is 5.82 Å². The summed E-state index contributed by atoms with van der Waals surface area (Å²) in [4.78, 5) is 9.98. The number of allylic oxidation sites excluding steroid dienone is 1. The summed E-state index contributed by atoms with van der Waals surface area (Å²) in [5.41, 5.74) is 1.73. The van der Waals surface area contributed by atoms with Gasteiger partial charge < -0.3 is 0 Å². The molecule has 17 heavy (non-hydrogen) atoms. The number of carbonyl (C=O) groups is 1. The minimum absolute atomic E-state index is 0.399. The summed E-state index contributed by atoms with van der Waals surface area (Å²) in [5.74, 6) is 0.399. The maximum absolute atomic E-state index is 9.98. The van der Waals surface area contributed by atoms with Crippen LogP contribution in [0.1, 0.15) is 39.0 Å². The number of aromatic nitrogens is 2. The first-order valence-corrected chi connectivity index (χ1v) is 5.78. The molecule has 1 heterocycles. The number of hydrogen-bond donors (Lipinski definition) is 2. The first kappa shape index (κ1) is 17.8. The van der Waals surface area contributed by atoms with Gasteiger partial charge in [-0.3, -0.25) is 15.1 Å². The zero-order chi connectivity index (χ0) is 13.8. The summed E-state index contributed by atoms with van der Waals surface area (Å²) >= 11 is 0. The van der Waals surface area contributed by atoms with Gasteiger partial charge in [-0.1, -0.05) is 27.7 Å². The molecule has 1 aromatic heterocycles. The molecule has 0 bridgehead atoms. The number of nitrogens with zero attached hydrogens (tertiary/aromatic N) is 2. The first-order valence-electron chi connectivity index (χ1n) is 5.78. The van der Waals surface area contributed by atoms with E-state index >= 15 is 0 Å². The SMILES string of the molecule is CC.CC.Cc1[nH]nc(N(O)/C=C\C=O)c1C. The number of aldehydes is 1. The summed E-state index contributed by atoms with van der Waals surface area (Å²) in [6.45, 7) is 11.7. The van der Waals surface area contributed by atoms with Crippen molar-refractivity contribution in [2.24, 2.45) is 0 Å². The van der Waals surface area contributed by atoms with E-state index in [1.165, 1.54) is 12.3 Å². The van der Waals surface area contributed by atoms with E-state index in [1.54, 1.807) is 0 Å². The van der Waals surface area contributed by atoms with Crippen molar-refractivity contribution in [3.05, 3.63) is 23.5 Å². The van der Waals surface area contributed by atoms with Gasteiger partial charge in [0.05, 0.1) is 0 Å². The molecular formula is C12H23N3O2. The highest BCUT2D eigenvalue weighted by Crippen LogP contribution is 2.17. The molecule has 0 aliphatic carbocycles. The third-order valence-electron chi connectivity index (χ3n) is 1.75. The van der Waals surface area contributed by atoms with Crippen LogP contribution in [0.3, 0.4) is 0 Å². The topological polar surface area (TPSA) is 69.2 Å². The number of anilines is 1. The van der Waals surface area contributed by atoms with Gasteiger partial charge in [0.1, 0.15) is 6.29 Å². The van der Waals surface area contributed by atoms with E-state index in [0.29, 0.717) is 12.1 Å². The highest BCUT2D eigenvalue weighted by Gasteiger charge is 2.08. The maximum atomic E-state index is 9.98. The lowest BCUT2D eigenvalue weighted by Gasteiger charge is -2.07. The molecule has 0 atom stereocenters. The zero-order valence-electron chi connectivity index (χ0n) is 11.5. The van der Waals surface area contributed by atoms with Crippen LogP contribution in [0.25, 0.3) is 0 Å². The molecule has 0 saturated heterocycles. The monoisotopic (exact) mass is 241 g/mol. The lowest BCUT2D eigenvalue weighted by atomic mass is 10.3. The van der Waals surface area contributed by atoms with Gasteiger partial charge in [-0.2, -0.15) is 5.10 Å². The van der Waals surface area contributed by atoms with Crippen LogP contribution in [0.4, 0.5) is 5.82 Å². The number of hydrogen-bond acceptors (Lipinski definition) is 4. The van der Waals surface area contributed by atoms with Crippen molar-refractivity contribution in [2.75, 3.05) is 5.06 Å². The molecule has 1 rings (SSSR count). The van der Waals surface area contributed by atoms with Gasteiger partial charge in [-0.05, 0) is 19.9 Å². The van der Waals surface area contributed by atoms with Crippen molar-refractivity contribution < 1.29 is 10.0 Å². The molecule has 0 unspecified atom stereocenters. The molecule has 0 aliphatic heterocycles. The predicted octanol–water partition coefficient (Wildman–Crippen LogP) is 2.99. The normalized spacial score (nSPS) is 8.88. The van der Waals surface area contributed by atoms with E-state index in [0.717, 1.165) is 16.3 Å². The van der Waals surface area contributed by atoms with Gasteiger partial charge >= 0.3 is 0 Å². The van der Waals surface area contributed by atoms with Crippen LogP contribution in [-0.2, 0) is 4.79 Å². The average Bonchev–Trinajstić information content (AvgIpc) is 2.72. The number of H-pyrrole nitrogens is 1. The van der Waals surface area contributed by atoms with Crippen molar-refractivity contribution >= 4 is 12.1 Å². The summed E-state index contributed by atoms with van der Waals surface area (Å²) < 4.78 is 0. The Labute approximate surface area is 103 Å². The predicted molar refractivity (Wildman–Crippen MR) is 70.2 cm³/mol. The Hall–Kier alpha value is -1.62. The van der Waals surface area contributed by atoms with Crippen LogP contribution < -0.4 is 5.06 Å². The molecule has 0 spiro atoms. The summed E-state index contributed by atoms with van der Waals surface area (Å²) in [7, 11) is 0. The molecule has 2 N–H and O–H groups in total. The number of carbonyl (C=O) groups excluding carboxylic acids is 1. The standard InChI is InChI=1S/C8H11N3O2.2C2H6/c1-6-7(2)9-10-8(6)11(13)4-3-5-12;2*1-2/h3-5,13H,1-2H3,(H,9,10);2*1-2H3/b4-3-;;. The van der Waals surface area contributed by atoms with Crippen LogP contribution in [0.2, 0.25) is 0 Å². The summed E-state index contributed by atoms with van der Waals surface area (Å²) in [6, 6.07) is 0. The summed E-state index contributed by atoms with van der Waals surface area (Å²) in [5, 5.41) is 16.7. The van der Waals surface area contributed by atoms with Gasteiger partial charge in [-0.25, -0.2) is 5.06 Å². The van der Waals surface area contributed by atoms with E-state index in [4.69, 9.17) is 0 Å². The number of hydroxylamine groups is 1. The molecule has 1 aromatic rings. The lowest BCUT2D eigenvalue weighted by Crippen LogP contribution is -2.10. The van der Waals surface area contributed by atoms with Gasteiger partial charge in [-0.15, -0.1) is 0 Å². The van der Waals surface area contributed by atoms with Crippen LogP contribution in [0.15, 0.2) is 12.3 Å². The van der Waals surface area contributed by atoms with E-state index in [-0.39, 0.29) is 0 Å². The Bertz CT molecular complexity index is 332. The quantitative estimate of drug-likeness (QED) is 0.485. The molecule has 98 valence electrons. The number of nitrogens with one attached hydrogen (secondary N) is 1. The largest absolute Gasteiger partial charge is 0.299 e. The van der Waals surface area contributed by atoms with Gasteiger partial charge in [0.25, 0.3) is 0 Å². The third-order valence-corrected chi connectivity index (χ3v) is 1.75. The molecule has 5 nitrogen and oxygen atoms in total. The Morgan fingerprint density at radius 1 is 1.24 bits per heavy atom. The van der Waals surface area contributed by atoms with Crippen LogP contribution in [-0.4, -0.2) is 21.7 Å². The molecule has 0 aromatic carbocycles. The van der Waals surface area contributed by atoms with E-state index in [1.807, 2.05) is 41.5 Å². The van der Waals surface area contributed by atoms with E-state index in [2.05, 4.69) is 10.2 Å². The smallest absolute Gasteiger partial charge is 0.181 e. The summed E-state index contributed by atoms with van der Waals surface area (Å²) in [6.07, 6.45) is 3.00. The van der Waals surface area contributed by atoms with Crippen LogP contribution >= 0.6 is 0 Å². The zero-order valence-corrected chi connectivity index (χ0v) is 11.5. The second-order valence-corrected chi connectivity index (χ2v) is 2.62. The molecule has 0 fully saturated rings. The van der Waals surface area contributed by atoms with Crippen LogP contribution in [0.5, 0.6) is 0 Å². The first-order chi connectivity index (χ1) is 8.16. The average molecular weight is 241 g/mol. The maximum Gasteiger partial charge on any atom is 0.181 e. The van der Waals surface area contributed by atoms with Crippen molar-refractivity contribution in [1.29, 1.82) is 0 Å². The Kier molecular flexibility index (Phi) is 11.4. The highest BCUT2D eigenvalue weighted by atomic mass is 16.5. The molecule has 5 heteroatoms. The fourth-order valence-corrected chi connectivity index (χ4v) is 0.883. The molecule has 0 saturated carbocycles. The second kappa shape index (κ2) is 10.9. The number of rotatable bonds is 3. The van der Waals surface area contributed by atoms with Crippen molar-refractivity contribution in [2.45, 2.75) is 41.5 Å². The third kappa shape index (κ3) is 5.87. The minimum atomic E-state index is 0.399. The van der Waals surface area contributed by atoms with Gasteiger partial charge in [0.2, 0.25) is 0 Å². The van der Waals surface area contributed by atoms with E-state index < -0.39 is 0 Å². The fraction of sp³-hybridized carbons (Fsp3) is 0.500. The van der Waals surface area contributed by atoms with Crippen LogP contribution in [0, 0.1) is 13.8 Å². The second-order valence-electron chi connectivity index (χ2n) is 2.62. The van der Waals surface area contributed by atoms with Crippen molar-refractivity contribution in [3.63, 3.8) is 0 Å². The number of aromatic amines is 1. The van der Waals surface area contributed by atoms with Gasteiger partial charge in [0, 0.05) is 17.5 Å². The van der Waals surface area contributed by atoms with Crippen molar-refractivity contribution in [1.82, 2.24) is 10.2 Å². The molecule has 0 radical (unpaired) electrons. The Morgan fingerprint density at radius 3 is 2.12 bits per heavy atom.